The van der Waals surface area contributed by atoms with E-state index in [1.54, 1.807) is 0 Å². The monoisotopic (exact) mass is 388 g/mol. The van der Waals surface area contributed by atoms with Crippen LogP contribution < -0.4 is 0 Å². The lowest BCUT2D eigenvalue weighted by atomic mass is 10.1. The zero-order chi connectivity index (χ0) is 19.7. The van der Waals surface area contributed by atoms with Crippen molar-refractivity contribution in [3.63, 3.8) is 0 Å². The van der Waals surface area contributed by atoms with Crippen LogP contribution in [-0.4, -0.2) is 59.5 Å². The van der Waals surface area contributed by atoms with E-state index in [0.717, 1.165) is 13.0 Å². The van der Waals surface area contributed by atoms with E-state index >= 15 is 0 Å². The van der Waals surface area contributed by atoms with Crippen LogP contribution in [0.5, 0.6) is 0 Å². The summed E-state index contributed by atoms with van der Waals surface area (Å²) in [5, 5.41) is 0. The van der Waals surface area contributed by atoms with Crippen LogP contribution in [0.1, 0.15) is 71.1 Å². The van der Waals surface area contributed by atoms with E-state index in [4.69, 9.17) is 23.7 Å². The molecule has 0 aliphatic rings. The molecule has 0 rings (SSSR count). The number of rotatable bonds is 24. The summed E-state index contributed by atoms with van der Waals surface area (Å²) in [6.45, 7) is 11.3. The summed E-state index contributed by atoms with van der Waals surface area (Å²) in [7, 11) is 0. The average molecular weight is 389 g/mol. The fourth-order valence-electron chi connectivity index (χ4n) is 2.64. The molecule has 0 aromatic carbocycles. The Hall–Kier alpha value is -0.620. The van der Waals surface area contributed by atoms with Crippen LogP contribution in [0, 0.1) is 0 Å². The first kappa shape index (κ1) is 26.4. The largest absolute Gasteiger partial charge is 0.499 e. The van der Waals surface area contributed by atoms with Crippen molar-refractivity contribution in [3.05, 3.63) is 12.8 Å². The molecule has 0 N–H and O–H groups in total. The molecule has 0 atom stereocenters. The lowest BCUT2D eigenvalue weighted by molar-refractivity contribution is -0.00638. The van der Waals surface area contributed by atoms with Crippen LogP contribution in [-0.2, 0) is 23.7 Å². The Bertz CT molecular complexity index is 273. The third-order valence-corrected chi connectivity index (χ3v) is 4.22. The molecule has 0 aliphatic carbocycles. The minimum absolute atomic E-state index is 0.533. The number of unbranched alkanes of at least 4 members (excludes halogenated alkanes) is 9. The molecule has 0 aromatic heterocycles. The van der Waals surface area contributed by atoms with Gasteiger partial charge in [-0.05, 0) is 6.42 Å². The molecule has 27 heavy (non-hydrogen) atoms. The number of hydrogen-bond donors (Lipinski definition) is 0. The SMILES string of the molecule is C=COCCOCCOCCOCCOCCCCCCCCCCCC. The maximum atomic E-state index is 5.59. The first-order valence-corrected chi connectivity index (χ1v) is 10.9. The van der Waals surface area contributed by atoms with Gasteiger partial charge in [0.15, 0.2) is 0 Å². The van der Waals surface area contributed by atoms with Gasteiger partial charge in [0.1, 0.15) is 6.61 Å². The summed E-state index contributed by atoms with van der Waals surface area (Å²) < 4.78 is 26.7. The molecular weight excluding hydrogens is 344 g/mol. The molecule has 0 radical (unpaired) electrons. The predicted octanol–water partition coefficient (Wildman–Crippen LogP) is 5.13. The second kappa shape index (κ2) is 25.4. The van der Waals surface area contributed by atoms with E-state index in [9.17, 15) is 0 Å². The Morgan fingerprint density at radius 2 is 0.852 bits per heavy atom. The minimum atomic E-state index is 0.533. The molecular formula is C22H44O5. The maximum Gasteiger partial charge on any atom is 0.111 e. The summed E-state index contributed by atoms with van der Waals surface area (Å²) in [4.78, 5) is 0. The van der Waals surface area contributed by atoms with Crippen LogP contribution in [0.2, 0.25) is 0 Å². The first-order chi connectivity index (χ1) is 13.4. The topological polar surface area (TPSA) is 46.2 Å². The highest BCUT2D eigenvalue weighted by Crippen LogP contribution is 2.10. The molecule has 5 heteroatoms. The minimum Gasteiger partial charge on any atom is -0.499 e. The molecule has 0 aliphatic heterocycles. The van der Waals surface area contributed by atoms with Gasteiger partial charge in [-0.25, -0.2) is 0 Å². The van der Waals surface area contributed by atoms with Gasteiger partial charge in [0.2, 0.25) is 0 Å². The van der Waals surface area contributed by atoms with E-state index in [1.165, 1.54) is 64.0 Å². The van der Waals surface area contributed by atoms with Crippen molar-refractivity contribution in [1.82, 2.24) is 0 Å². The van der Waals surface area contributed by atoms with E-state index in [2.05, 4.69) is 13.5 Å². The Labute approximate surface area is 167 Å². The molecule has 0 saturated heterocycles. The van der Waals surface area contributed by atoms with Gasteiger partial charge in [-0.2, -0.15) is 0 Å². The average Bonchev–Trinajstić information content (AvgIpc) is 2.68. The fourth-order valence-corrected chi connectivity index (χ4v) is 2.64. The van der Waals surface area contributed by atoms with Gasteiger partial charge in [-0.1, -0.05) is 71.3 Å². The molecule has 0 heterocycles. The van der Waals surface area contributed by atoms with Crippen LogP contribution in [0.25, 0.3) is 0 Å². The standard InChI is InChI=1S/C22H44O5/c1-3-5-6-7-8-9-10-11-12-13-14-24-17-18-26-21-22-27-20-19-25-16-15-23-4-2/h4H,2-3,5-22H2,1H3. The second-order valence-electron chi connectivity index (χ2n) is 6.67. The fraction of sp³-hybridized carbons (Fsp3) is 0.909. The lowest BCUT2D eigenvalue weighted by Gasteiger charge is -2.07. The van der Waals surface area contributed by atoms with Gasteiger partial charge in [0, 0.05) is 6.61 Å². The molecule has 0 fully saturated rings. The van der Waals surface area contributed by atoms with Crippen molar-refractivity contribution in [2.75, 3.05) is 59.5 Å². The molecule has 0 unspecified atom stereocenters. The highest BCUT2D eigenvalue weighted by atomic mass is 16.6. The first-order valence-electron chi connectivity index (χ1n) is 10.9. The molecule has 162 valence electrons. The third kappa shape index (κ3) is 25.4. The summed E-state index contributed by atoms with van der Waals surface area (Å²) >= 11 is 0. The van der Waals surface area contributed by atoms with Gasteiger partial charge in [0.05, 0.1) is 52.5 Å². The summed E-state index contributed by atoms with van der Waals surface area (Å²) in [6, 6.07) is 0. The van der Waals surface area contributed by atoms with E-state index in [1.807, 2.05) is 0 Å². The molecule has 0 bridgehead atoms. The van der Waals surface area contributed by atoms with Crippen molar-refractivity contribution in [1.29, 1.82) is 0 Å². The van der Waals surface area contributed by atoms with Crippen molar-refractivity contribution in [2.24, 2.45) is 0 Å². The van der Waals surface area contributed by atoms with Gasteiger partial charge >= 0.3 is 0 Å². The smallest absolute Gasteiger partial charge is 0.111 e. The van der Waals surface area contributed by atoms with Crippen molar-refractivity contribution in [3.8, 4) is 0 Å². The summed E-state index contributed by atoms with van der Waals surface area (Å²) in [6.07, 6.45) is 15.0. The van der Waals surface area contributed by atoms with E-state index in [0.29, 0.717) is 52.9 Å². The maximum absolute atomic E-state index is 5.59. The van der Waals surface area contributed by atoms with Crippen molar-refractivity contribution >= 4 is 0 Å². The summed E-state index contributed by atoms with van der Waals surface area (Å²) in [5.74, 6) is 0. The van der Waals surface area contributed by atoms with Gasteiger partial charge in [0.25, 0.3) is 0 Å². The Morgan fingerprint density at radius 3 is 1.30 bits per heavy atom. The molecule has 0 aromatic rings. The predicted molar refractivity (Wildman–Crippen MR) is 111 cm³/mol. The second-order valence-corrected chi connectivity index (χ2v) is 6.67. The Morgan fingerprint density at radius 1 is 0.481 bits per heavy atom. The Balaban J connectivity index is 2.96. The number of hydrogen-bond acceptors (Lipinski definition) is 5. The zero-order valence-electron chi connectivity index (χ0n) is 17.8. The van der Waals surface area contributed by atoms with Crippen LogP contribution in [0.15, 0.2) is 12.8 Å². The normalized spacial score (nSPS) is 11.0. The van der Waals surface area contributed by atoms with E-state index in [-0.39, 0.29) is 0 Å². The van der Waals surface area contributed by atoms with Crippen LogP contribution >= 0.6 is 0 Å². The molecule has 5 nitrogen and oxygen atoms in total. The third-order valence-electron chi connectivity index (χ3n) is 4.22. The van der Waals surface area contributed by atoms with Crippen LogP contribution in [0.3, 0.4) is 0 Å². The zero-order valence-corrected chi connectivity index (χ0v) is 17.8. The van der Waals surface area contributed by atoms with Crippen molar-refractivity contribution < 1.29 is 23.7 Å². The van der Waals surface area contributed by atoms with Gasteiger partial charge in [-0.15, -0.1) is 0 Å². The highest BCUT2D eigenvalue weighted by molar-refractivity contribution is 4.48. The van der Waals surface area contributed by atoms with Crippen molar-refractivity contribution in [2.45, 2.75) is 71.1 Å². The van der Waals surface area contributed by atoms with Gasteiger partial charge in [-0.3, -0.25) is 0 Å². The molecule has 0 amide bonds. The van der Waals surface area contributed by atoms with E-state index < -0.39 is 0 Å². The van der Waals surface area contributed by atoms with Gasteiger partial charge < -0.3 is 23.7 Å². The Kier molecular flexibility index (Phi) is 24.8. The molecule has 0 spiro atoms. The van der Waals surface area contributed by atoms with Crippen LogP contribution in [0.4, 0.5) is 0 Å². The number of ether oxygens (including phenoxy) is 5. The summed E-state index contributed by atoms with van der Waals surface area (Å²) in [5.41, 5.74) is 0. The molecule has 0 saturated carbocycles. The quantitative estimate of drug-likeness (QED) is 0.169. The lowest BCUT2D eigenvalue weighted by Crippen LogP contribution is -2.13. The highest BCUT2D eigenvalue weighted by Gasteiger charge is 1.95.